The van der Waals surface area contributed by atoms with Gasteiger partial charge in [-0.15, -0.1) is 0 Å². The van der Waals surface area contributed by atoms with E-state index in [1.807, 2.05) is 30.3 Å². The predicted octanol–water partition coefficient (Wildman–Crippen LogP) is 3.26. The van der Waals surface area contributed by atoms with E-state index in [2.05, 4.69) is 4.99 Å². The maximum Gasteiger partial charge on any atom is 0.347 e. The van der Waals surface area contributed by atoms with Crippen LogP contribution in [0.4, 0.5) is 0 Å². The highest BCUT2D eigenvalue weighted by Crippen LogP contribution is 2.31. The summed E-state index contributed by atoms with van der Waals surface area (Å²) >= 11 is 0. The van der Waals surface area contributed by atoms with Gasteiger partial charge in [-0.05, 0) is 24.5 Å². The molecule has 0 aromatic heterocycles. The van der Waals surface area contributed by atoms with Crippen LogP contribution in [0.15, 0.2) is 35.3 Å². The van der Waals surface area contributed by atoms with Crippen molar-refractivity contribution in [2.45, 2.75) is 50.7 Å². The summed E-state index contributed by atoms with van der Waals surface area (Å²) < 4.78 is 5.61. The fraction of sp³-hybridized carbons (Fsp3) is 0.529. The van der Waals surface area contributed by atoms with Gasteiger partial charge in [0.05, 0.1) is 0 Å². The van der Waals surface area contributed by atoms with Crippen LogP contribution in [0.1, 0.15) is 44.1 Å². The van der Waals surface area contributed by atoms with E-state index in [9.17, 15) is 9.90 Å². The Balaban J connectivity index is 1.75. The van der Waals surface area contributed by atoms with Crippen molar-refractivity contribution in [2.24, 2.45) is 10.9 Å². The summed E-state index contributed by atoms with van der Waals surface area (Å²) in [5, 5.41) is 9.38. The number of carboxylic acid groups (broad SMARTS) is 1. The molecule has 4 heteroatoms. The summed E-state index contributed by atoms with van der Waals surface area (Å²) in [7, 11) is 0. The van der Waals surface area contributed by atoms with E-state index in [0.29, 0.717) is 11.8 Å². The van der Waals surface area contributed by atoms with Crippen LogP contribution in [0.5, 0.6) is 0 Å². The lowest BCUT2D eigenvalue weighted by Crippen LogP contribution is -2.33. The topological polar surface area (TPSA) is 58.9 Å². The molecule has 1 aliphatic carbocycles. The summed E-state index contributed by atoms with van der Waals surface area (Å²) in [6.07, 6.45) is 6.20. The molecule has 1 saturated carbocycles. The zero-order chi connectivity index (χ0) is 14.7. The lowest BCUT2D eigenvalue weighted by molar-refractivity contribution is -0.145. The van der Waals surface area contributed by atoms with Gasteiger partial charge in [0.2, 0.25) is 12.0 Å². The van der Waals surface area contributed by atoms with Gasteiger partial charge in [0.15, 0.2) is 0 Å². The van der Waals surface area contributed by atoms with Crippen molar-refractivity contribution >= 4 is 11.9 Å². The molecular formula is C17H21NO3. The van der Waals surface area contributed by atoms with Gasteiger partial charge in [0, 0.05) is 5.56 Å². The molecule has 0 unspecified atom stereocenters. The molecule has 0 bridgehead atoms. The molecule has 0 saturated heterocycles. The van der Waals surface area contributed by atoms with E-state index in [0.717, 1.165) is 12.0 Å². The van der Waals surface area contributed by atoms with Gasteiger partial charge < -0.3 is 9.84 Å². The minimum absolute atomic E-state index is 0.249. The second kappa shape index (κ2) is 6.29. The first kappa shape index (κ1) is 14.1. The molecule has 2 atom stereocenters. The van der Waals surface area contributed by atoms with Crippen LogP contribution in [-0.4, -0.2) is 29.1 Å². The molecule has 0 spiro atoms. The van der Waals surface area contributed by atoms with Crippen molar-refractivity contribution in [3.8, 4) is 0 Å². The highest BCUT2D eigenvalue weighted by atomic mass is 16.5. The number of hydrogen-bond acceptors (Lipinski definition) is 3. The Labute approximate surface area is 124 Å². The van der Waals surface area contributed by atoms with Crippen molar-refractivity contribution < 1.29 is 14.6 Å². The minimum Gasteiger partial charge on any atom is -0.478 e. The van der Waals surface area contributed by atoms with Crippen LogP contribution in [0.3, 0.4) is 0 Å². The minimum atomic E-state index is -0.912. The average molecular weight is 287 g/mol. The normalized spacial score (nSPS) is 26.2. The molecule has 1 heterocycles. The third-order valence-corrected chi connectivity index (χ3v) is 4.43. The Morgan fingerprint density at radius 1 is 1.19 bits per heavy atom. The first-order valence-corrected chi connectivity index (χ1v) is 7.77. The zero-order valence-electron chi connectivity index (χ0n) is 12.1. The third kappa shape index (κ3) is 3.26. The first-order chi connectivity index (χ1) is 10.2. The monoisotopic (exact) mass is 287 g/mol. The number of aliphatic imine (C=N–C) groups is 1. The molecule has 0 radical (unpaired) electrons. The van der Waals surface area contributed by atoms with Crippen LogP contribution in [0, 0.1) is 5.92 Å². The quantitative estimate of drug-likeness (QED) is 0.924. The number of ether oxygens (including phenoxy) is 1. The standard InChI is InChI=1S/C17H21NO3/c19-17(20)15-14(11-12-7-3-1-4-8-12)18-16(21-15)13-9-5-2-6-10-13/h2,5-6,9-10,12,14-15H,1,3-4,7-8,11H2,(H,19,20)/t14-,15+/m0/s1. The van der Waals surface area contributed by atoms with Gasteiger partial charge >= 0.3 is 5.97 Å². The van der Waals surface area contributed by atoms with Crippen molar-refractivity contribution in [1.82, 2.24) is 0 Å². The van der Waals surface area contributed by atoms with E-state index in [1.165, 1.54) is 32.1 Å². The lowest BCUT2D eigenvalue weighted by Gasteiger charge is -2.24. The number of rotatable bonds is 4. The van der Waals surface area contributed by atoms with Crippen LogP contribution < -0.4 is 0 Å². The van der Waals surface area contributed by atoms with E-state index < -0.39 is 12.1 Å². The smallest absolute Gasteiger partial charge is 0.347 e. The molecule has 3 rings (SSSR count). The number of aliphatic carboxylic acids is 1. The summed E-state index contributed by atoms with van der Waals surface area (Å²) in [5.41, 5.74) is 0.856. The molecule has 0 amide bonds. The average Bonchev–Trinajstić information content (AvgIpc) is 2.93. The van der Waals surface area contributed by atoms with Crippen LogP contribution in [0.2, 0.25) is 0 Å². The van der Waals surface area contributed by atoms with Crippen LogP contribution >= 0.6 is 0 Å². The number of carbonyl (C=O) groups is 1. The van der Waals surface area contributed by atoms with Gasteiger partial charge in [-0.3, -0.25) is 0 Å². The highest BCUT2D eigenvalue weighted by Gasteiger charge is 2.38. The molecule has 1 aromatic rings. The van der Waals surface area contributed by atoms with Gasteiger partial charge in [-0.25, -0.2) is 9.79 Å². The molecule has 1 fully saturated rings. The number of benzene rings is 1. The predicted molar refractivity (Wildman–Crippen MR) is 80.5 cm³/mol. The Morgan fingerprint density at radius 3 is 2.57 bits per heavy atom. The van der Waals surface area contributed by atoms with Gasteiger partial charge in [0.25, 0.3) is 0 Å². The van der Waals surface area contributed by atoms with Gasteiger partial charge in [-0.1, -0.05) is 50.3 Å². The van der Waals surface area contributed by atoms with Gasteiger partial charge in [-0.2, -0.15) is 0 Å². The molecular weight excluding hydrogens is 266 g/mol. The summed E-state index contributed by atoms with van der Waals surface area (Å²) in [6, 6.07) is 9.30. The fourth-order valence-corrected chi connectivity index (χ4v) is 3.33. The van der Waals surface area contributed by atoms with Crippen molar-refractivity contribution in [1.29, 1.82) is 0 Å². The number of carboxylic acids is 1. The molecule has 2 aliphatic rings. The number of hydrogen-bond donors (Lipinski definition) is 1. The Morgan fingerprint density at radius 2 is 1.90 bits per heavy atom. The second-order valence-electron chi connectivity index (χ2n) is 5.98. The van der Waals surface area contributed by atoms with Crippen molar-refractivity contribution in [3.63, 3.8) is 0 Å². The summed E-state index contributed by atoms with van der Waals surface area (Å²) in [6.45, 7) is 0. The molecule has 1 aromatic carbocycles. The molecule has 4 nitrogen and oxygen atoms in total. The van der Waals surface area contributed by atoms with Crippen molar-refractivity contribution in [3.05, 3.63) is 35.9 Å². The van der Waals surface area contributed by atoms with Crippen LogP contribution in [-0.2, 0) is 9.53 Å². The van der Waals surface area contributed by atoms with E-state index in [4.69, 9.17) is 4.74 Å². The first-order valence-electron chi connectivity index (χ1n) is 7.77. The van der Waals surface area contributed by atoms with Crippen LogP contribution in [0.25, 0.3) is 0 Å². The zero-order valence-corrected chi connectivity index (χ0v) is 12.1. The Kier molecular flexibility index (Phi) is 4.23. The maximum absolute atomic E-state index is 11.4. The molecule has 112 valence electrons. The third-order valence-electron chi connectivity index (χ3n) is 4.43. The Bertz CT molecular complexity index is 520. The van der Waals surface area contributed by atoms with Crippen molar-refractivity contribution in [2.75, 3.05) is 0 Å². The Hall–Kier alpha value is -1.84. The van der Waals surface area contributed by atoms with E-state index in [1.54, 1.807) is 0 Å². The summed E-state index contributed by atoms with van der Waals surface area (Å²) in [5.74, 6) is 0.155. The van der Waals surface area contributed by atoms with E-state index in [-0.39, 0.29) is 6.04 Å². The largest absolute Gasteiger partial charge is 0.478 e. The molecule has 21 heavy (non-hydrogen) atoms. The maximum atomic E-state index is 11.4. The van der Waals surface area contributed by atoms with Gasteiger partial charge in [0.1, 0.15) is 6.04 Å². The molecule has 1 aliphatic heterocycles. The molecule has 1 N–H and O–H groups in total. The SMILES string of the molecule is O=C(O)[C@@H]1OC(c2ccccc2)=N[C@H]1CC1CCCCC1. The highest BCUT2D eigenvalue weighted by molar-refractivity contribution is 5.97. The second-order valence-corrected chi connectivity index (χ2v) is 5.98. The number of nitrogens with zero attached hydrogens (tertiary/aromatic N) is 1. The lowest BCUT2D eigenvalue weighted by atomic mass is 9.84. The fourth-order valence-electron chi connectivity index (χ4n) is 3.33. The van der Waals surface area contributed by atoms with E-state index >= 15 is 0 Å². The summed E-state index contributed by atoms with van der Waals surface area (Å²) in [4.78, 5) is 16.0.